The van der Waals surface area contributed by atoms with E-state index in [1.54, 1.807) is 39.8 Å². The van der Waals surface area contributed by atoms with Crippen LogP contribution in [0.2, 0.25) is 0 Å². The Bertz CT molecular complexity index is 565. The van der Waals surface area contributed by atoms with Gasteiger partial charge >= 0.3 is 0 Å². The first-order valence-corrected chi connectivity index (χ1v) is 6.53. The predicted molar refractivity (Wildman–Crippen MR) is 80.2 cm³/mol. The van der Waals surface area contributed by atoms with Crippen molar-refractivity contribution in [3.8, 4) is 17.2 Å². The first kappa shape index (κ1) is 14.9. The van der Waals surface area contributed by atoms with Gasteiger partial charge in [-0.3, -0.25) is 0 Å². The van der Waals surface area contributed by atoms with E-state index in [1.807, 2.05) is 19.1 Å². The van der Waals surface area contributed by atoms with E-state index in [0.717, 1.165) is 5.56 Å². The van der Waals surface area contributed by atoms with Gasteiger partial charge in [0.2, 0.25) is 11.7 Å². The highest BCUT2D eigenvalue weighted by Crippen LogP contribution is 2.39. The van der Waals surface area contributed by atoms with Crippen LogP contribution in [0.5, 0.6) is 17.2 Å². The molecule has 112 valence electrons. The zero-order valence-electron chi connectivity index (χ0n) is 12.6. The van der Waals surface area contributed by atoms with Crippen molar-refractivity contribution in [3.05, 3.63) is 36.2 Å². The molecule has 0 saturated heterocycles. The molecule has 0 aliphatic carbocycles. The maximum atomic E-state index is 5.36. The van der Waals surface area contributed by atoms with Crippen molar-refractivity contribution in [2.75, 3.05) is 26.6 Å². The van der Waals surface area contributed by atoms with Gasteiger partial charge in [0.05, 0.1) is 27.4 Å². The maximum Gasteiger partial charge on any atom is 0.223 e. The molecule has 2 aromatic rings. The number of rotatable bonds is 6. The molecule has 0 spiro atoms. The van der Waals surface area contributed by atoms with Crippen LogP contribution in [0.3, 0.4) is 0 Å². The van der Waals surface area contributed by atoms with Crippen LogP contribution < -0.4 is 19.5 Å². The lowest BCUT2D eigenvalue weighted by Crippen LogP contribution is -2.10. The van der Waals surface area contributed by atoms with Crippen LogP contribution in [0.15, 0.2) is 30.6 Å². The molecule has 0 aliphatic heterocycles. The van der Waals surface area contributed by atoms with Crippen molar-refractivity contribution in [1.82, 2.24) is 9.97 Å². The Hall–Kier alpha value is -2.50. The second kappa shape index (κ2) is 6.78. The normalized spacial score (nSPS) is 11.6. The molecule has 1 aromatic carbocycles. The summed E-state index contributed by atoms with van der Waals surface area (Å²) in [4.78, 5) is 8.31. The molecule has 0 aliphatic rings. The largest absolute Gasteiger partial charge is 0.493 e. The zero-order valence-corrected chi connectivity index (χ0v) is 12.6. The summed E-state index contributed by atoms with van der Waals surface area (Å²) in [6.07, 6.45) is 3.38. The zero-order chi connectivity index (χ0) is 15.2. The lowest BCUT2D eigenvalue weighted by atomic mass is 10.1. The molecule has 0 saturated carbocycles. The quantitative estimate of drug-likeness (QED) is 0.882. The van der Waals surface area contributed by atoms with E-state index in [0.29, 0.717) is 23.2 Å². The number of nitrogens with one attached hydrogen (secondary N) is 1. The summed E-state index contributed by atoms with van der Waals surface area (Å²) < 4.78 is 16.0. The lowest BCUT2D eigenvalue weighted by molar-refractivity contribution is 0.323. The third-order valence-electron chi connectivity index (χ3n) is 3.10. The van der Waals surface area contributed by atoms with E-state index < -0.39 is 0 Å². The van der Waals surface area contributed by atoms with Crippen LogP contribution >= 0.6 is 0 Å². The lowest BCUT2D eigenvalue weighted by Gasteiger charge is -2.18. The molecule has 0 amide bonds. The van der Waals surface area contributed by atoms with E-state index >= 15 is 0 Å². The Morgan fingerprint density at radius 3 is 2.00 bits per heavy atom. The number of hydrogen-bond acceptors (Lipinski definition) is 6. The van der Waals surface area contributed by atoms with Gasteiger partial charge in [0, 0.05) is 12.4 Å². The summed E-state index contributed by atoms with van der Waals surface area (Å²) in [5, 5.41) is 3.22. The molecule has 1 heterocycles. The summed E-state index contributed by atoms with van der Waals surface area (Å²) in [6, 6.07) is 5.57. The fraction of sp³-hybridized carbons (Fsp3) is 0.333. The number of ether oxygens (including phenoxy) is 3. The van der Waals surface area contributed by atoms with E-state index in [1.165, 1.54) is 0 Å². The van der Waals surface area contributed by atoms with Gasteiger partial charge in [-0.25, -0.2) is 9.97 Å². The monoisotopic (exact) mass is 289 g/mol. The van der Waals surface area contributed by atoms with E-state index in [-0.39, 0.29) is 6.04 Å². The number of hydrogen-bond donors (Lipinski definition) is 1. The summed E-state index contributed by atoms with van der Waals surface area (Å²) in [5.41, 5.74) is 0.983. The van der Waals surface area contributed by atoms with Crippen molar-refractivity contribution in [2.24, 2.45) is 0 Å². The third kappa shape index (κ3) is 3.34. The number of benzene rings is 1. The topological polar surface area (TPSA) is 65.5 Å². The molecular weight excluding hydrogens is 270 g/mol. The van der Waals surface area contributed by atoms with Crippen LogP contribution in [-0.2, 0) is 0 Å². The maximum absolute atomic E-state index is 5.36. The highest BCUT2D eigenvalue weighted by molar-refractivity contribution is 5.55. The number of nitrogens with zero attached hydrogens (tertiary/aromatic N) is 2. The molecule has 0 unspecified atom stereocenters. The van der Waals surface area contributed by atoms with E-state index in [2.05, 4.69) is 15.3 Å². The van der Waals surface area contributed by atoms with Gasteiger partial charge in [0.25, 0.3) is 0 Å². The molecule has 0 bridgehead atoms. The molecule has 21 heavy (non-hydrogen) atoms. The minimum absolute atomic E-state index is 0.0129. The standard InChI is InChI=1S/C15H19N3O3/c1-10(18-15-16-6-5-7-17-15)11-8-12(19-2)14(21-4)13(9-11)20-3/h5-10H,1-4H3,(H,16,17,18)/t10-/m0/s1. The Morgan fingerprint density at radius 2 is 1.52 bits per heavy atom. The molecule has 0 fully saturated rings. The van der Waals surface area contributed by atoms with Crippen LogP contribution in [0.25, 0.3) is 0 Å². The fourth-order valence-corrected chi connectivity index (χ4v) is 2.00. The van der Waals surface area contributed by atoms with Crippen LogP contribution in [0.4, 0.5) is 5.95 Å². The first-order valence-electron chi connectivity index (χ1n) is 6.53. The van der Waals surface area contributed by atoms with Gasteiger partial charge in [-0.15, -0.1) is 0 Å². The van der Waals surface area contributed by atoms with Crippen LogP contribution in [-0.4, -0.2) is 31.3 Å². The average Bonchev–Trinajstić information content (AvgIpc) is 2.54. The van der Waals surface area contributed by atoms with Crippen molar-refractivity contribution < 1.29 is 14.2 Å². The Labute approximate surface area is 124 Å². The molecule has 1 aromatic heterocycles. The van der Waals surface area contributed by atoms with Gasteiger partial charge in [-0.2, -0.15) is 0 Å². The van der Waals surface area contributed by atoms with Gasteiger partial charge in [-0.1, -0.05) is 0 Å². The summed E-state index contributed by atoms with van der Waals surface area (Å²) in [7, 11) is 4.78. The van der Waals surface area contributed by atoms with E-state index in [4.69, 9.17) is 14.2 Å². The summed E-state index contributed by atoms with van der Waals surface area (Å²) >= 11 is 0. The van der Waals surface area contributed by atoms with Gasteiger partial charge < -0.3 is 19.5 Å². The van der Waals surface area contributed by atoms with Crippen molar-refractivity contribution in [1.29, 1.82) is 0 Å². The smallest absolute Gasteiger partial charge is 0.223 e. The van der Waals surface area contributed by atoms with Gasteiger partial charge in [0.15, 0.2) is 11.5 Å². The third-order valence-corrected chi connectivity index (χ3v) is 3.10. The Balaban J connectivity index is 2.30. The average molecular weight is 289 g/mol. The molecule has 2 rings (SSSR count). The van der Waals surface area contributed by atoms with Crippen molar-refractivity contribution in [2.45, 2.75) is 13.0 Å². The number of anilines is 1. The van der Waals surface area contributed by atoms with Gasteiger partial charge in [0.1, 0.15) is 0 Å². The molecule has 1 N–H and O–H groups in total. The highest BCUT2D eigenvalue weighted by atomic mass is 16.5. The highest BCUT2D eigenvalue weighted by Gasteiger charge is 2.16. The van der Waals surface area contributed by atoms with E-state index in [9.17, 15) is 0 Å². The summed E-state index contributed by atoms with van der Waals surface area (Å²) in [6.45, 7) is 2.01. The first-order chi connectivity index (χ1) is 10.2. The molecule has 6 nitrogen and oxygen atoms in total. The molecular formula is C15H19N3O3. The van der Waals surface area contributed by atoms with Crippen LogP contribution in [0, 0.1) is 0 Å². The molecule has 6 heteroatoms. The summed E-state index contributed by atoms with van der Waals surface area (Å²) in [5.74, 6) is 2.38. The molecule has 0 radical (unpaired) electrons. The predicted octanol–water partition coefficient (Wildman–Crippen LogP) is 2.68. The minimum Gasteiger partial charge on any atom is -0.493 e. The second-order valence-corrected chi connectivity index (χ2v) is 4.40. The molecule has 1 atom stereocenters. The van der Waals surface area contributed by atoms with Crippen molar-refractivity contribution >= 4 is 5.95 Å². The minimum atomic E-state index is -0.0129. The SMILES string of the molecule is COc1cc([C@H](C)Nc2ncccn2)cc(OC)c1OC. The number of aromatic nitrogens is 2. The Kier molecular flexibility index (Phi) is 4.81. The van der Waals surface area contributed by atoms with Crippen LogP contribution in [0.1, 0.15) is 18.5 Å². The van der Waals surface area contributed by atoms with Gasteiger partial charge in [-0.05, 0) is 30.7 Å². The fourth-order valence-electron chi connectivity index (χ4n) is 2.00. The Morgan fingerprint density at radius 1 is 0.952 bits per heavy atom. The number of methoxy groups -OCH3 is 3. The second-order valence-electron chi connectivity index (χ2n) is 4.40. The van der Waals surface area contributed by atoms with Crippen molar-refractivity contribution in [3.63, 3.8) is 0 Å².